The summed E-state index contributed by atoms with van der Waals surface area (Å²) < 4.78 is 0. The lowest BCUT2D eigenvalue weighted by Gasteiger charge is -2.32. The van der Waals surface area contributed by atoms with Crippen LogP contribution in [0.5, 0.6) is 0 Å². The summed E-state index contributed by atoms with van der Waals surface area (Å²) in [6, 6.07) is 0. The van der Waals surface area contributed by atoms with Crippen LogP contribution in [0.1, 0.15) is 64.2 Å². The molecular weight excluding hydrogens is 292 g/mol. The van der Waals surface area contributed by atoms with Gasteiger partial charge in [-0.3, -0.25) is 9.59 Å². The SMILES string of the molecule is O=C(O)CCC1CCCN(CCC(=O)NCC2CCCCC2)C1. The van der Waals surface area contributed by atoms with E-state index in [4.69, 9.17) is 5.11 Å². The lowest BCUT2D eigenvalue weighted by atomic mass is 9.89. The Hall–Kier alpha value is -1.10. The topological polar surface area (TPSA) is 69.6 Å². The van der Waals surface area contributed by atoms with E-state index in [1.54, 1.807) is 0 Å². The molecule has 1 atom stereocenters. The van der Waals surface area contributed by atoms with Crippen LogP contribution in [-0.2, 0) is 9.59 Å². The molecule has 0 bridgehead atoms. The largest absolute Gasteiger partial charge is 0.481 e. The third-order valence-electron chi connectivity index (χ3n) is 5.34. The maximum Gasteiger partial charge on any atom is 0.303 e. The van der Waals surface area contributed by atoms with E-state index in [2.05, 4.69) is 10.2 Å². The van der Waals surface area contributed by atoms with Gasteiger partial charge in [0.05, 0.1) is 0 Å². The molecule has 2 rings (SSSR count). The van der Waals surface area contributed by atoms with Gasteiger partial charge in [-0.1, -0.05) is 19.3 Å². The van der Waals surface area contributed by atoms with Crippen molar-refractivity contribution in [3.05, 3.63) is 0 Å². The van der Waals surface area contributed by atoms with Crippen LogP contribution in [0.3, 0.4) is 0 Å². The maximum absolute atomic E-state index is 12.0. The van der Waals surface area contributed by atoms with Crippen LogP contribution < -0.4 is 5.32 Å². The van der Waals surface area contributed by atoms with E-state index in [-0.39, 0.29) is 12.3 Å². The van der Waals surface area contributed by atoms with Crippen molar-refractivity contribution in [3.8, 4) is 0 Å². The minimum Gasteiger partial charge on any atom is -0.481 e. The van der Waals surface area contributed by atoms with Gasteiger partial charge in [-0.15, -0.1) is 0 Å². The van der Waals surface area contributed by atoms with E-state index in [1.807, 2.05) is 0 Å². The highest BCUT2D eigenvalue weighted by Gasteiger charge is 2.21. The third-order valence-corrected chi connectivity index (χ3v) is 5.34. The van der Waals surface area contributed by atoms with Crippen LogP contribution in [0, 0.1) is 11.8 Å². The highest BCUT2D eigenvalue weighted by Crippen LogP contribution is 2.23. The Morgan fingerprint density at radius 2 is 1.74 bits per heavy atom. The first-order valence-corrected chi connectivity index (χ1v) is 9.34. The Balaban J connectivity index is 1.58. The summed E-state index contributed by atoms with van der Waals surface area (Å²) in [6.07, 6.45) is 10.3. The molecule has 1 aliphatic carbocycles. The highest BCUT2D eigenvalue weighted by molar-refractivity contribution is 5.76. The Morgan fingerprint density at radius 1 is 1.00 bits per heavy atom. The zero-order chi connectivity index (χ0) is 16.5. The quantitative estimate of drug-likeness (QED) is 0.720. The predicted octanol–water partition coefficient (Wildman–Crippen LogP) is 2.65. The standard InChI is InChI=1S/C18H32N2O3/c21-17(19-13-15-5-2-1-3-6-15)10-12-20-11-4-7-16(14-20)8-9-18(22)23/h15-16H,1-14H2,(H,19,21)(H,22,23). The van der Waals surface area contributed by atoms with E-state index in [0.717, 1.165) is 45.4 Å². The number of hydrogen-bond acceptors (Lipinski definition) is 3. The number of carbonyl (C=O) groups excluding carboxylic acids is 1. The molecule has 0 aromatic rings. The van der Waals surface area contributed by atoms with E-state index in [9.17, 15) is 9.59 Å². The Labute approximate surface area is 139 Å². The average Bonchev–Trinajstić information content (AvgIpc) is 2.57. The molecule has 1 saturated heterocycles. The molecule has 2 N–H and O–H groups in total. The minimum atomic E-state index is -0.704. The number of nitrogens with one attached hydrogen (secondary N) is 1. The molecule has 1 aliphatic heterocycles. The molecule has 0 radical (unpaired) electrons. The lowest BCUT2D eigenvalue weighted by molar-refractivity contribution is -0.137. The van der Waals surface area contributed by atoms with Gasteiger partial charge in [0.25, 0.3) is 0 Å². The number of rotatable bonds is 8. The predicted molar refractivity (Wildman–Crippen MR) is 90.2 cm³/mol. The average molecular weight is 324 g/mol. The molecule has 0 aromatic heterocycles. The first-order valence-electron chi connectivity index (χ1n) is 9.34. The molecule has 1 unspecified atom stereocenters. The summed E-state index contributed by atoms with van der Waals surface area (Å²) in [5.74, 6) is 0.626. The first kappa shape index (κ1) is 18.2. The van der Waals surface area contributed by atoms with Crippen molar-refractivity contribution >= 4 is 11.9 Å². The molecule has 2 aliphatic rings. The Kier molecular flexibility index (Phi) is 7.86. The van der Waals surface area contributed by atoms with Gasteiger partial charge in [-0.2, -0.15) is 0 Å². The monoisotopic (exact) mass is 324 g/mol. The Morgan fingerprint density at radius 3 is 2.48 bits per heavy atom. The van der Waals surface area contributed by atoms with Gasteiger partial charge in [0.2, 0.25) is 5.91 Å². The van der Waals surface area contributed by atoms with Gasteiger partial charge < -0.3 is 15.3 Å². The van der Waals surface area contributed by atoms with Crippen LogP contribution in [0.15, 0.2) is 0 Å². The number of carboxylic acid groups (broad SMARTS) is 1. The number of nitrogens with zero attached hydrogens (tertiary/aromatic N) is 1. The normalized spacial score (nSPS) is 23.6. The van der Waals surface area contributed by atoms with Crippen molar-refractivity contribution in [2.75, 3.05) is 26.2 Å². The zero-order valence-electron chi connectivity index (χ0n) is 14.3. The molecular formula is C18H32N2O3. The second-order valence-electron chi connectivity index (χ2n) is 7.30. The fourth-order valence-corrected chi connectivity index (χ4v) is 3.92. The van der Waals surface area contributed by atoms with E-state index in [1.165, 1.54) is 32.1 Å². The summed E-state index contributed by atoms with van der Waals surface area (Å²) in [6.45, 7) is 3.64. The number of carbonyl (C=O) groups is 2. The first-order chi connectivity index (χ1) is 11.1. The molecule has 1 heterocycles. The van der Waals surface area contributed by atoms with Crippen molar-refractivity contribution in [2.24, 2.45) is 11.8 Å². The number of aliphatic carboxylic acids is 1. The second kappa shape index (κ2) is 9.91. The van der Waals surface area contributed by atoms with Gasteiger partial charge in [0, 0.05) is 32.5 Å². The van der Waals surface area contributed by atoms with Gasteiger partial charge in [-0.25, -0.2) is 0 Å². The van der Waals surface area contributed by atoms with Gasteiger partial charge in [-0.05, 0) is 50.5 Å². The van der Waals surface area contributed by atoms with Gasteiger partial charge in [0.15, 0.2) is 0 Å². The van der Waals surface area contributed by atoms with Gasteiger partial charge >= 0.3 is 5.97 Å². The van der Waals surface area contributed by atoms with Crippen LogP contribution in [0.25, 0.3) is 0 Å². The van der Waals surface area contributed by atoms with Crippen LogP contribution in [0.2, 0.25) is 0 Å². The van der Waals surface area contributed by atoms with E-state index >= 15 is 0 Å². The summed E-state index contributed by atoms with van der Waals surface area (Å²) >= 11 is 0. The molecule has 5 heteroatoms. The lowest BCUT2D eigenvalue weighted by Crippen LogP contribution is -2.39. The number of likely N-dealkylation sites (tertiary alicyclic amines) is 1. The number of carboxylic acids is 1. The smallest absolute Gasteiger partial charge is 0.303 e. The fraction of sp³-hybridized carbons (Fsp3) is 0.889. The molecule has 0 aromatic carbocycles. The zero-order valence-corrected chi connectivity index (χ0v) is 14.3. The summed E-state index contributed by atoms with van der Waals surface area (Å²) in [5.41, 5.74) is 0. The fourth-order valence-electron chi connectivity index (χ4n) is 3.92. The summed E-state index contributed by atoms with van der Waals surface area (Å²) in [4.78, 5) is 25.0. The second-order valence-corrected chi connectivity index (χ2v) is 7.30. The van der Waals surface area contributed by atoms with Crippen LogP contribution in [-0.4, -0.2) is 48.1 Å². The number of piperidine rings is 1. The molecule has 5 nitrogen and oxygen atoms in total. The van der Waals surface area contributed by atoms with Crippen LogP contribution >= 0.6 is 0 Å². The summed E-state index contributed by atoms with van der Waals surface area (Å²) in [7, 11) is 0. The van der Waals surface area contributed by atoms with Crippen molar-refractivity contribution in [1.29, 1.82) is 0 Å². The third kappa shape index (κ3) is 7.34. The van der Waals surface area contributed by atoms with Gasteiger partial charge in [0.1, 0.15) is 0 Å². The van der Waals surface area contributed by atoms with Crippen molar-refractivity contribution in [2.45, 2.75) is 64.2 Å². The van der Waals surface area contributed by atoms with Crippen molar-refractivity contribution < 1.29 is 14.7 Å². The molecule has 2 fully saturated rings. The number of amides is 1. The summed E-state index contributed by atoms with van der Waals surface area (Å²) in [5, 5.41) is 11.9. The van der Waals surface area contributed by atoms with E-state index < -0.39 is 5.97 Å². The molecule has 23 heavy (non-hydrogen) atoms. The molecule has 1 saturated carbocycles. The van der Waals surface area contributed by atoms with E-state index in [0.29, 0.717) is 18.3 Å². The molecule has 0 spiro atoms. The molecule has 1 amide bonds. The Bertz CT molecular complexity index is 380. The minimum absolute atomic E-state index is 0.170. The number of hydrogen-bond donors (Lipinski definition) is 2. The van der Waals surface area contributed by atoms with Crippen LogP contribution in [0.4, 0.5) is 0 Å². The van der Waals surface area contributed by atoms with Crippen molar-refractivity contribution in [3.63, 3.8) is 0 Å². The van der Waals surface area contributed by atoms with Crippen molar-refractivity contribution in [1.82, 2.24) is 10.2 Å². The molecule has 132 valence electrons. The maximum atomic E-state index is 12.0. The highest BCUT2D eigenvalue weighted by atomic mass is 16.4.